The number of halogens is 1. The maximum Gasteiger partial charge on any atom is 0.175 e. The minimum absolute atomic E-state index is 0.243. The molecule has 21 heavy (non-hydrogen) atoms. The van der Waals surface area contributed by atoms with Crippen LogP contribution in [0, 0.1) is 5.82 Å². The highest BCUT2D eigenvalue weighted by Crippen LogP contribution is 2.35. The largest absolute Gasteiger partial charge is 0.324 e. The summed E-state index contributed by atoms with van der Waals surface area (Å²) in [7, 11) is -3.23. The fourth-order valence-corrected chi connectivity index (χ4v) is 3.54. The molecule has 0 aliphatic rings. The maximum absolute atomic E-state index is 14.0. The second-order valence-electron chi connectivity index (χ2n) is 4.79. The molecule has 2 rings (SSSR count). The van der Waals surface area contributed by atoms with Gasteiger partial charge in [0.05, 0.1) is 9.79 Å². The standard InChI is InChI=1S/C15H16FNO2S2/c1-10(17)13-4-3-5-14(16)15(13)20-11-6-8-12(9-7-11)21(2,18)19/h3-10H,17H2,1-2H3/t10-/m0/s1. The molecule has 112 valence electrons. The molecule has 2 aromatic rings. The van der Waals surface area contributed by atoms with E-state index < -0.39 is 9.84 Å². The summed E-state index contributed by atoms with van der Waals surface area (Å²) in [6, 6.07) is 10.9. The first kappa shape index (κ1) is 16.0. The molecule has 2 aromatic carbocycles. The van der Waals surface area contributed by atoms with Gasteiger partial charge < -0.3 is 5.73 Å². The van der Waals surface area contributed by atoms with Gasteiger partial charge in [-0.1, -0.05) is 23.9 Å². The Hall–Kier alpha value is -1.37. The molecule has 0 saturated carbocycles. The van der Waals surface area contributed by atoms with Crippen molar-refractivity contribution in [3.8, 4) is 0 Å². The molecule has 0 heterocycles. The molecule has 0 spiro atoms. The van der Waals surface area contributed by atoms with Crippen molar-refractivity contribution in [3.05, 3.63) is 53.8 Å². The minimum Gasteiger partial charge on any atom is -0.324 e. The predicted molar refractivity (Wildman–Crippen MR) is 82.7 cm³/mol. The lowest BCUT2D eigenvalue weighted by Gasteiger charge is -2.13. The second kappa shape index (κ2) is 6.17. The molecule has 0 saturated heterocycles. The number of hydrogen-bond acceptors (Lipinski definition) is 4. The summed E-state index contributed by atoms with van der Waals surface area (Å²) in [5.41, 5.74) is 6.59. The lowest BCUT2D eigenvalue weighted by atomic mass is 10.1. The summed E-state index contributed by atoms with van der Waals surface area (Å²) in [5.74, 6) is -0.331. The van der Waals surface area contributed by atoms with Gasteiger partial charge in [-0.15, -0.1) is 0 Å². The maximum atomic E-state index is 14.0. The van der Waals surface area contributed by atoms with Crippen LogP contribution in [0.4, 0.5) is 4.39 Å². The molecule has 2 N–H and O–H groups in total. The number of benzene rings is 2. The van der Waals surface area contributed by atoms with Crippen molar-refractivity contribution in [1.29, 1.82) is 0 Å². The Bertz CT molecular complexity index is 741. The molecule has 0 aromatic heterocycles. The van der Waals surface area contributed by atoms with Crippen LogP contribution in [-0.4, -0.2) is 14.7 Å². The van der Waals surface area contributed by atoms with Gasteiger partial charge in [0.25, 0.3) is 0 Å². The van der Waals surface area contributed by atoms with E-state index in [0.717, 1.165) is 16.7 Å². The average molecular weight is 325 g/mol. The summed E-state index contributed by atoms with van der Waals surface area (Å²) < 4.78 is 36.8. The number of sulfone groups is 1. The molecule has 0 amide bonds. The Morgan fingerprint density at radius 1 is 1.14 bits per heavy atom. The molecule has 0 unspecified atom stereocenters. The second-order valence-corrected chi connectivity index (χ2v) is 7.89. The van der Waals surface area contributed by atoms with E-state index in [0.29, 0.717) is 4.90 Å². The van der Waals surface area contributed by atoms with Gasteiger partial charge in [-0.2, -0.15) is 0 Å². The van der Waals surface area contributed by atoms with Gasteiger partial charge in [0, 0.05) is 17.2 Å². The first-order valence-corrected chi connectivity index (χ1v) is 9.02. The molecular formula is C15H16FNO2S2. The molecular weight excluding hydrogens is 309 g/mol. The number of hydrogen-bond donors (Lipinski definition) is 1. The van der Waals surface area contributed by atoms with Crippen LogP contribution in [0.25, 0.3) is 0 Å². The van der Waals surface area contributed by atoms with Crippen LogP contribution in [0.3, 0.4) is 0 Å². The highest BCUT2D eigenvalue weighted by Gasteiger charge is 2.13. The molecule has 0 fully saturated rings. The highest BCUT2D eigenvalue weighted by atomic mass is 32.2. The normalized spacial score (nSPS) is 13.1. The SMILES string of the molecule is C[C@H](N)c1cccc(F)c1Sc1ccc(S(C)(=O)=O)cc1. The summed E-state index contributed by atoms with van der Waals surface area (Å²) in [6.45, 7) is 1.80. The van der Waals surface area contributed by atoms with Crippen LogP contribution in [0.15, 0.2) is 57.2 Å². The van der Waals surface area contributed by atoms with E-state index in [2.05, 4.69) is 0 Å². The molecule has 6 heteroatoms. The zero-order valence-corrected chi connectivity index (χ0v) is 13.3. The van der Waals surface area contributed by atoms with Gasteiger partial charge in [-0.25, -0.2) is 12.8 Å². The van der Waals surface area contributed by atoms with E-state index in [1.54, 1.807) is 31.2 Å². The van der Waals surface area contributed by atoms with Crippen molar-refractivity contribution in [1.82, 2.24) is 0 Å². The average Bonchev–Trinajstić information content (AvgIpc) is 2.40. The van der Waals surface area contributed by atoms with Crippen molar-refractivity contribution in [3.63, 3.8) is 0 Å². The summed E-state index contributed by atoms with van der Waals surface area (Å²) in [5, 5.41) is 0. The van der Waals surface area contributed by atoms with Crippen LogP contribution >= 0.6 is 11.8 Å². The highest BCUT2D eigenvalue weighted by molar-refractivity contribution is 7.99. The van der Waals surface area contributed by atoms with E-state index in [4.69, 9.17) is 5.73 Å². The van der Waals surface area contributed by atoms with Gasteiger partial charge in [0.1, 0.15) is 5.82 Å². The van der Waals surface area contributed by atoms with Crippen molar-refractivity contribution in [2.45, 2.75) is 27.7 Å². The zero-order chi connectivity index (χ0) is 15.6. The monoisotopic (exact) mass is 325 g/mol. The fraction of sp³-hybridized carbons (Fsp3) is 0.200. The lowest BCUT2D eigenvalue weighted by molar-refractivity contribution is 0.591. The van der Waals surface area contributed by atoms with Crippen LogP contribution < -0.4 is 5.73 Å². The quantitative estimate of drug-likeness (QED) is 0.936. The van der Waals surface area contributed by atoms with Gasteiger partial charge >= 0.3 is 0 Å². The Morgan fingerprint density at radius 3 is 2.29 bits per heavy atom. The number of rotatable bonds is 4. The van der Waals surface area contributed by atoms with Crippen LogP contribution in [0.2, 0.25) is 0 Å². The Balaban J connectivity index is 2.35. The Kier molecular flexibility index (Phi) is 4.70. The molecule has 0 radical (unpaired) electrons. The van der Waals surface area contributed by atoms with Crippen molar-refractivity contribution < 1.29 is 12.8 Å². The van der Waals surface area contributed by atoms with Gasteiger partial charge in [-0.3, -0.25) is 0 Å². The van der Waals surface area contributed by atoms with Crippen LogP contribution in [0.5, 0.6) is 0 Å². The Morgan fingerprint density at radius 2 is 1.76 bits per heavy atom. The van der Waals surface area contributed by atoms with Crippen molar-refractivity contribution >= 4 is 21.6 Å². The van der Waals surface area contributed by atoms with E-state index >= 15 is 0 Å². The van der Waals surface area contributed by atoms with Gasteiger partial charge in [0.15, 0.2) is 9.84 Å². The Labute approximate surface area is 128 Å². The molecule has 0 aliphatic heterocycles. The van der Waals surface area contributed by atoms with Crippen LogP contribution in [0.1, 0.15) is 18.5 Å². The van der Waals surface area contributed by atoms with E-state index in [9.17, 15) is 12.8 Å². The van der Waals surface area contributed by atoms with E-state index in [1.165, 1.54) is 30.0 Å². The third kappa shape index (κ3) is 3.84. The van der Waals surface area contributed by atoms with Crippen molar-refractivity contribution in [2.75, 3.05) is 6.26 Å². The third-order valence-corrected chi connectivity index (χ3v) is 5.23. The molecule has 0 bridgehead atoms. The van der Waals surface area contributed by atoms with Gasteiger partial charge in [-0.05, 0) is 42.8 Å². The summed E-state index contributed by atoms with van der Waals surface area (Å²) >= 11 is 1.24. The summed E-state index contributed by atoms with van der Waals surface area (Å²) in [4.78, 5) is 1.47. The number of nitrogens with two attached hydrogens (primary N) is 1. The topological polar surface area (TPSA) is 60.2 Å². The minimum atomic E-state index is -3.23. The lowest BCUT2D eigenvalue weighted by Crippen LogP contribution is -2.07. The third-order valence-electron chi connectivity index (χ3n) is 2.96. The first-order valence-electron chi connectivity index (χ1n) is 6.31. The molecule has 1 atom stereocenters. The van der Waals surface area contributed by atoms with Gasteiger partial charge in [0.2, 0.25) is 0 Å². The smallest absolute Gasteiger partial charge is 0.175 e. The van der Waals surface area contributed by atoms with Crippen LogP contribution in [-0.2, 0) is 9.84 Å². The van der Waals surface area contributed by atoms with E-state index in [-0.39, 0.29) is 16.8 Å². The zero-order valence-electron chi connectivity index (χ0n) is 11.7. The summed E-state index contributed by atoms with van der Waals surface area (Å²) in [6.07, 6.45) is 1.15. The molecule has 0 aliphatic carbocycles. The predicted octanol–water partition coefficient (Wildman–Crippen LogP) is 3.40. The van der Waals surface area contributed by atoms with Crippen molar-refractivity contribution in [2.24, 2.45) is 5.73 Å². The molecule has 3 nitrogen and oxygen atoms in total. The van der Waals surface area contributed by atoms with E-state index in [1.807, 2.05) is 0 Å². The first-order chi connectivity index (χ1) is 9.79. The fourth-order valence-electron chi connectivity index (χ4n) is 1.86.